The number of anilines is 2. The van der Waals surface area contributed by atoms with Crippen molar-refractivity contribution in [2.75, 3.05) is 36.4 Å². The van der Waals surface area contributed by atoms with Crippen molar-refractivity contribution >= 4 is 23.3 Å². The summed E-state index contributed by atoms with van der Waals surface area (Å²) in [6.45, 7) is 7.42. The summed E-state index contributed by atoms with van der Waals surface area (Å²) in [5.74, 6) is 0.720. The van der Waals surface area contributed by atoms with Crippen LogP contribution in [0.5, 0.6) is 0 Å². The molecule has 0 bridgehead atoms. The van der Waals surface area contributed by atoms with Gasteiger partial charge in [0.1, 0.15) is 0 Å². The highest BCUT2D eigenvalue weighted by Gasteiger charge is 2.31. The maximum atomic E-state index is 12.4. The highest BCUT2D eigenvalue weighted by molar-refractivity contribution is 6.00. The molecule has 2 aliphatic rings. The van der Waals surface area contributed by atoms with Crippen LogP contribution in [0.15, 0.2) is 12.3 Å². The molecule has 1 atom stereocenters. The first-order chi connectivity index (χ1) is 12.1. The molecule has 1 aliphatic heterocycles. The summed E-state index contributed by atoms with van der Waals surface area (Å²) >= 11 is 0. The zero-order chi connectivity index (χ0) is 17.8. The summed E-state index contributed by atoms with van der Waals surface area (Å²) in [6.07, 6.45) is 4.35. The second-order valence-corrected chi connectivity index (χ2v) is 6.88. The van der Waals surface area contributed by atoms with Crippen molar-refractivity contribution in [3.63, 3.8) is 0 Å². The molecule has 7 heteroatoms. The molecule has 1 saturated carbocycles. The largest absolute Gasteiger partial charge is 0.352 e. The van der Waals surface area contributed by atoms with Gasteiger partial charge in [-0.05, 0) is 32.3 Å². The molecule has 1 aromatic heterocycles. The summed E-state index contributed by atoms with van der Waals surface area (Å²) in [5, 5.41) is 9.24. The van der Waals surface area contributed by atoms with E-state index in [4.69, 9.17) is 0 Å². The fourth-order valence-electron chi connectivity index (χ4n) is 2.79. The van der Waals surface area contributed by atoms with E-state index in [1.807, 2.05) is 13.8 Å². The van der Waals surface area contributed by atoms with E-state index >= 15 is 0 Å². The van der Waals surface area contributed by atoms with Crippen LogP contribution in [0.1, 0.15) is 43.5 Å². The predicted molar refractivity (Wildman–Crippen MR) is 97.9 cm³/mol. The first-order valence-corrected chi connectivity index (χ1v) is 9.16. The number of hydrogen-bond acceptors (Lipinski definition) is 5. The van der Waals surface area contributed by atoms with Gasteiger partial charge >= 0.3 is 0 Å². The van der Waals surface area contributed by atoms with Gasteiger partial charge in [-0.25, -0.2) is 4.98 Å². The number of aromatic nitrogens is 1. The Bertz CT molecular complexity index is 638. The van der Waals surface area contributed by atoms with E-state index < -0.39 is 0 Å². The quantitative estimate of drug-likeness (QED) is 0.725. The molecule has 1 aliphatic carbocycles. The Morgan fingerprint density at radius 3 is 2.72 bits per heavy atom. The van der Waals surface area contributed by atoms with Crippen LogP contribution in [-0.2, 0) is 4.79 Å². The zero-order valence-corrected chi connectivity index (χ0v) is 15.0. The third-order valence-electron chi connectivity index (χ3n) is 4.74. The maximum absolute atomic E-state index is 12.4. The van der Waals surface area contributed by atoms with Crippen LogP contribution in [0, 0.1) is 5.92 Å². The second kappa shape index (κ2) is 7.82. The van der Waals surface area contributed by atoms with E-state index in [1.54, 1.807) is 12.3 Å². The molecule has 2 heterocycles. The zero-order valence-electron chi connectivity index (χ0n) is 15.0. The highest BCUT2D eigenvalue weighted by Crippen LogP contribution is 2.32. The van der Waals surface area contributed by atoms with Crippen molar-refractivity contribution in [2.45, 2.75) is 39.2 Å². The minimum absolute atomic E-state index is 0.0256. The Kier molecular flexibility index (Phi) is 5.53. The predicted octanol–water partition coefficient (Wildman–Crippen LogP) is 1.37. The van der Waals surface area contributed by atoms with Crippen LogP contribution in [0.4, 0.5) is 11.5 Å². The molecule has 1 unspecified atom stereocenters. The summed E-state index contributed by atoms with van der Waals surface area (Å²) in [6, 6.07) is 1.85. The van der Waals surface area contributed by atoms with Gasteiger partial charge in [0.2, 0.25) is 5.91 Å². The number of carbonyl (C=O) groups is 2. The molecule has 2 fully saturated rings. The number of hydrogen-bond donors (Lipinski definition) is 3. The molecular weight excluding hydrogens is 318 g/mol. The van der Waals surface area contributed by atoms with Crippen molar-refractivity contribution in [1.82, 2.24) is 15.6 Å². The Hall–Kier alpha value is -2.15. The Labute approximate surface area is 148 Å². The number of piperazine rings is 1. The van der Waals surface area contributed by atoms with E-state index in [0.717, 1.165) is 51.3 Å². The Balaban J connectivity index is 1.83. The molecule has 136 valence electrons. The highest BCUT2D eigenvalue weighted by atomic mass is 16.2. The standard InChI is InChI=1S/C18H27N5O2/c1-3-12(2)21-18(25)14-10-15(22-17(24)13-4-5-13)16(20-11-14)23-8-6-19-7-9-23/h10-13,19H,3-9H2,1-2H3,(H,21,25)(H,22,24). The van der Waals surface area contributed by atoms with Gasteiger partial charge in [0.05, 0.1) is 11.3 Å². The smallest absolute Gasteiger partial charge is 0.253 e. The van der Waals surface area contributed by atoms with Crippen LogP contribution in [-0.4, -0.2) is 49.0 Å². The van der Waals surface area contributed by atoms with E-state index in [2.05, 4.69) is 25.8 Å². The second-order valence-electron chi connectivity index (χ2n) is 6.88. The molecule has 0 spiro atoms. The fraction of sp³-hybridized carbons (Fsp3) is 0.611. The topological polar surface area (TPSA) is 86.4 Å². The lowest BCUT2D eigenvalue weighted by atomic mass is 10.2. The Morgan fingerprint density at radius 2 is 2.08 bits per heavy atom. The molecule has 1 aromatic rings. The van der Waals surface area contributed by atoms with Crippen molar-refractivity contribution < 1.29 is 9.59 Å². The van der Waals surface area contributed by atoms with Crippen molar-refractivity contribution in [3.8, 4) is 0 Å². The molecule has 1 saturated heterocycles. The van der Waals surface area contributed by atoms with Crippen molar-refractivity contribution in [3.05, 3.63) is 17.8 Å². The lowest BCUT2D eigenvalue weighted by Crippen LogP contribution is -2.44. The van der Waals surface area contributed by atoms with Gasteiger partial charge in [-0.2, -0.15) is 0 Å². The summed E-state index contributed by atoms with van der Waals surface area (Å²) in [5.41, 5.74) is 1.11. The average Bonchev–Trinajstić information content (AvgIpc) is 3.47. The van der Waals surface area contributed by atoms with Crippen molar-refractivity contribution in [2.24, 2.45) is 5.92 Å². The lowest BCUT2D eigenvalue weighted by Gasteiger charge is -2.30. The molecule has 2 amide bonds. The maximum Gasteiger partial charge on any atom is 0.253 e. The van der Waals surface area contributed by atoms with Gasteiger partial charge in [-0.1, -0.05) is 6.92 Å². The van der Waals surface area contributed by atoms with Crippen LogP contribution >= 0.6 is 0 Å². The van der Waals surface area contributed by atoms with Gasteiger partial charge < -0.3 is 20.9 Å². The van der Waals surface area contributed by atoms with E-state index in [9.17, 15) is 9.59 Å². The minimum atomic E-state index is -0.157. The molecule has 0 radical (unpaired) electrons. The number of carbonyl (C=O) groups excluding carboxylic acids is 2. The van der Waals surface area contributed by atoms with Gasteiger partial charge in [0.25, 0.3) is 5.91 Å². The molecule has 7 nitrogen and oxygen atoms in total. The number of nitrogens with one attached hydrogen (secondary N) is 3. The number of amides is 2. The lowest BCUT2D eigenvalue weighted by molar-refractivity contribution is -0.117. The minimum Gasteiger partial charge on any atom is -0.352 e. The molecular formula is C18H27N5O2. The number of pyridine rings is 1. The van der Waals surface area contributed by atoms with Gasteiger partial charge in [0, 0.05) is 44.3 Å². The van der Waals surface area contributed by atoms with Gasteiger partial charge in [-0.3, -0.25) is 9.59 Å². The van der Waals surface area contributed by atoms with Crippen LogP contribution < -0.4 is 20.9 Å². The average molecular weight is 345 g/mol. The third kappa shape index (κ3) is 4.48. The molecule has 3 N–H and O–H groups in total. The van der Waals surface area contributed by atoms with E-state index in [0.29, 0.717) is 11.3 Å². The van der Waals surface area contributed by atoms with E-state index in [-0.39, 0.29) is 23.8 Å². The van der Waals surface area contributed by atoms with Gasteiger partial charge in [0.15, 0.2) is 5.82 Å². The van der Waals surface area contributed by atoms with Crippen LogP contribution in [0.2, 0.25) is 0 Å². The SMILES string of the molecule is CCC(C)NC(=O)c1cnc(N2CCNCC2)c(NC(=O)C2CC2)c1. The first-order valence-electron chi connectivity index (χ1n) is 9.16. The van der Waals surface area contributed by atoms with Gasteiger partial charge in [-0.15, -0.1) is 0 Å². The summed E-state index contributed by atoms with van der Waals surface area (Å²) in [4.78, 5) is 31.3. The van der Waals surface area contributed by atoms with Crippen molar-refractivity contribution in [1.29, 1.82) is 0 Å². The number of nitrogens with zero attached hydrogens (tertiary/aromatic N) is 2. The normalized spacial score (nSPS) is 18.6. The summed E-state index contributed by atoms with van der Waals surface area (Å²) < 4.78 is 0. The Morgan fingerprint density at radius 1 is 1.36 bits per heavy atom. The first kappa shape index (κ1) is 17.7. The molecule has 0 aromatic carbocycles. The molecule has 25 heavy (non-hydrogen) atoms. The fourth-order valence-corrected chi connectivity index (χ4v) is 2.79. The van der Waals surface area contributed by atoms with Crippen LogP contribution in [0.3, 0.4) is 0 Å². The third-order valence-corrected chi connectivity index (χ3v) is 4.74. The number of rotatable bonds is 6. The monoisotopic (exact) mass is 345 g/mol. The molecule has 3 rings (SSSR count). The van der Waals surface area contributed by atoms with E-state index in [1.165, 1.54) is 0 Å². The van der Waals surface area contributed by atoms with Crippen LogP contribution in [0.25, 0.3) is 0 Å². The summed E-state index contributed by atoms with van der Waals surface area (Å²) in [7, 11) is 0.